The summed E-state index contributed by atoms with van der Waals surface area (Å²) in [6, 6.07) is 14.9. The summed E-state index contributed by atoms with van der Waals surface area (Å²) >= 11 is 1.56. The zero-order valence-corrected chi connectivity index (χ0v) is 15.3. The first-order valence-electron chi connectivity index (χ1n) is 8.15. The SMILES string of the molecule is COc1cc2ccccc2cc1C(=O)OCC(=O)N[C@H](C)c1cccs1. The predicted molar refractivity (Wildman–Crippen MR) is 102 cm³/mol. The number of fused-ring (bicyclic) bond motifs is 1. The minimum Gasteiger partial charge on any atom is -0.496 e. The number of nitrogens with one attached hydrogen (secondary N) is 1. The van der Waals surface area contributed by atoms with E-state index in [-0.39, 0.29) is 18.6 Å². The lowest BCUT2D eigenvalue weighted by atomic mass is 10.1. The van der Waals surface area contributed by atoms with Gasteiger partial charge in [-0.2, -0.15) is 0 Å². The van der Waals surface area contributed by atoms with Crippen molar-refractivity contribution >= 4 is 34.0 Å². The van der Waals surface area contributed by atoms with Crippen LogP contribution in [0.15, 0.2) is 53.9 Å². The van der Waals surface area contributed by atoms with Gasteiger partial charge in [0.25, 0.3) is 5.91 Å². The fourth-order valence-electron chi connectivity index (χ4n) is 2.65. The summed E-state index contributed by atoms with van der Waals surface area (Å²) < 4.78 is 10.5. The molecule has 0 unspecified atom stereocenters. The molecule has 1 atom stereocenters. The van der Waals surface area contributed by atoms with Gasteiger partial charge in [0, 0.05) is 4.88 Å². The van der Waals surface area contributed by atoms with Gasteiger partial charge in [0.1, 0.15) is 11.3 Å². The van der Waals surface area contributed by atoms with Crippen LogP contribution in [0.3, 0.4) is 0 Å². The predicted octanol–water partition coefficient (Wildman–Crippen LogP) is 3.94. The van der Waals surface area contributed by atoms with Crippen molar-refractivity contribution in [1.29, 1.82) is 0 Å². The molecule has 1 amide bonds. The molecule has 26 heavy (non-hydrogen) atoms. The summed E-state index contributed by atoms with van der Waals surface area (Å²) in [5.41, 5.74) is 0.297. The summed E-state index contributed by atoms with van der Waals surface area (Å²) in [6.45, 7) is 1.54. The number of hydrogen-bond donors (Lipinski definition) is 1. The fraction of sp³-hybridized carbons (Fsp3) is 0.200. The summed E-state index contributed by atoms with van der Waals surface area (Å²) in [7, 11) is 1.50. The Bertz CT molecular complexity index is 921. The van der Waals surface area contributed by atoms with Gasteiger partial charge >= 0.3 is 5.97 Å². The number of methoxy groups -OCH3 is 1. The topological polar surface area (TPSA) is 64.6 Å². The highest BCUT2D eigenvalue weighted by molar-refractivity contribution is 7.10. The van der Waals surface area contributed by atoms with Crippen molar-refractivity contribution in [3.05, 3.63) is 64.4 Å². The molecule has 134 valence electrons. The van der Waals surface area contributed by atoms with Crippen LogP contribution in [0.2, 0.25) is 0 Å². The van der Waals surface area contributed by atoms with Crippen molar-refractivity contribution in [3.63, 3.8) is 0 Å². The fourth-order valence-corrected chi connectivity index (χ4v) is 3.38. The number of esters is 1. The Balaban J connectivity index is 1.66. The van der Waals surface area contributed by atoms with E-state index in [1.807, 2.05) is 48.7 Å². The molecule has 0 aliphatic heterocycles. The van der Waals surface area contributed by atoms with Gasteiger partial charge in [-0.1, -0.05) is 30.3 Å². The van der Waals surface area contributed by atoms with Gasteiger partial charge in [-0.05, 0) is 41.3 Å². The van der Waals surface area contributed by atoms with Gasteiger partial charge < -0.3 is 14.8 Å². The largest absolute Gasteiger partial charge is 0.496 e. The molecule has 1 aromatic heterocycles. The number of ether oxygens (including phenoxy) is 2. The van der Waals surface area contributed by atoms with E-state index in [1.165, 1.54) is 7.11 Å². The van der Waals surface area contributed by atoms with Gasteiger partial charge in [0.15, 0.2) is 6.61 Å². The van der Waals surface area contributed by atoms with Crippen LogP contribution in [0.25, 0.3) is 10.8 Å². The van der Waals surface area contributed by atoms with Crippen molar-refractivity contribution in [2.45, 2.75) is 13.0 Å². The summed E-state index contributed by atoms with van der Waals surface area (Å²) in [5.74, 6) is -0.522. The first kappa shape index (κ1) is 17.9. The molecular formula is C20H19NO4S. The zero-order chi connectivity index (χ0) is 18.5. The lowest BCUT2D eigenvalue weighted by Crippen LogP contribution is -2.30. The second kappa shape index (κ2) is 8.01. The first-order chi connectivity index (χ1) is 12.6. The summed E-state index contributed by atoms with van der Waals surface area (Å²) in [6.07, 6.45) is 0. The molecule has 0 saturated carbocycles. The van der Waals surface area contributed by atoms with E-state index in [1.54, 1.807) is 23.5 Å². The Hall–Kier alpha value is -2.86. The molecule has 3 rings (SSSR count). The van der Waals surface area contributed by atoms with Gasteiger partial charge in [0.05, 0.1) is 13.2 Å². The van der Waals surface area contributed by atoms with E-state index < -0.39 is 5.97 Å². The second-order valence-electron chi connectivity index (χ2n) is 5.78. The molecule has 1 heterocycles. The van der Waals surface area contributed by atoms with E-state index in [0.29, 0.717) is 11.3 Å². The van der Waals surface area contributed by atoms with Crippen molar-refractivity contribution in [2.24, 2.45) is 0 Å². The number of carbonyl (C=O) groups excluding carboxylic acids is 2. The highest BCUT2D eigenvalue weighted by atomic mass is 32.1. The van der Waals surface area contributed by atoms with Crippen LogP contribution in [0.5, 0.6) is 5.75 Å². The van der Waals surface area contributed by atoms with Crippen molar-refractivity contribution < 1.29 is 19.1 Å². The molecule has 0 saturated heterocycles. The number of thiophene rings is 1. The van der Waals surface area contributed by atoms with Crippen LogP contribution in [-0.2, 0) is 9.53 Å². The molecule has 0 aliphatic carbocycles. The Morgan fingerprint density at radius 3 is 2.50 bits per heavy atom. The number of amides is 1. The maximum Gasteiger partial charge on any atom is 0.342 e. The third-order valence-corrected chi connectivity index (χ3v) is 5.02. The second-order valence-corrected chi connectivity index (χ2v) is 6.76. The van der Waals surface area contributed by atoms with Crippen LogP contribution < -0.4 is 10.1 Å². The molecule has 0 fully saturated rings. The number of carbonyl (C=O) groups is 2. The molecule has 1 N–H and O–H groups in total. The van der Waals surface area contributed by atoms with Crippen molar-refractivity contribution in [1.82, 2.24) is 5.32 Å². The lowest BCUT2D eigenvalue weighted by molar-refractivity contribution is -0.124. The molecule has 6 heteroatoms. The third-order valence-electron chi connectivity index (χ3n) is 3.97. The minimum atomic E-state index is -0.591. The molecule has 0 spiro atoms. The van der Waals surface area contributed by atoms with Gasteiger partial charge in [-0.25, -0.2) is 4.79 Å². The van der Waals surface area contributed by atoms with Crippen molar-refractivity contribution in [3.8, 4) is 5.75 Å². The number of rotatable bonds is 6. The average molecular weight is 369 g/mol. The van der Waals surface area contributed by atoms with Gasteiger partial charge in [0.2, 0.25) is 0 Å². The van der Waals surface area contributed by atoms with Crippen LogP contribution in [0.1, 0.15) is 28.2 Å². The highest BCUT2D eigenvalue weighted by Gasteiger charge is 2.17. The third kappa shape index (κ3) is 4.03. The van der Waals surface area contributed by atoms with Gasteiger partial charge in [-0.15, -0.1) is 11.3 Å². The van der Waals surface area contributed by atoms with Crippen LogP contribution in [0.4, 0.5) is 0 Å². The number of hydrogen-bond acceptors (Lipinski definition) is 5. The van der Waals surface area contributed by atoms with Gasteiger partial charge in [-0.3, -0.25) is 4.79 Å². The Morgan fingerprint density at radius 2 is 1.85 bits per heavy atom. The maximum absolute atomic E-state index is 12.4. The molecular weight excluding hydrogens is 350 g/mol. The first-order valence-corrected chi connectivity index (χ1v) is 9.03. The van der Waals surface area contributed by atoms with Crippen LogP contribution in [0, 0.1) is 0 Å². The molecule has 3 aromatic rings. The van der Waals surface area contributed by atoms with E-state index in [9.17, 15) is 9.59 Å². The van der Waals surface area contributed by atoms with E-state index >= 15 is 0 Å². The summed E-state index contributed by atoms with van der Waals surface area (Å²) in [4.78, 5) is 25.5. The Kier molecular flexibility index (Phi) is 5.53. The van der Waals surface area contributed by atoms with E-state index in [2.05, 4.69) is 5.32 Å². The average Bonchev–Trinajstić information content (AvgIpc) is 3.20. The summed E-state index contributed by atoms with van der Waals surface area (Å²) in [5, 5.41) is 6.62. The molecule has 0 radical (unpaired) electrons. The minimum absolute atomic E-state index is 0.128. The standard InChI is InChI=1S/C20H19NO4S/c1-13(18-8-5-9-26-18)21-19(22)12-25-20(23)16-10-14-6-3-4-7-15(14)11-17(16)24-2/h3-11,13H,12H2,1-2H3,(H,21,22)/t13-/m1/s1. The Labute approximate surface area is 155 Å². The molecule has 2 aromatic carbocycles. The smallest absolute Gasteiger partial charge is 0.342 e. The zero-order valence-electron chi connectivity index (χ0n) is 14.5. The monoisotopic (exact) mass is 369 g/mol. The lowest BCUT2D eigenvalue weighted by Gasteiger charge is -2.13. The maximum atomic E-state index is 12.4. The highest BCUT2D eigenvalue weighted by Crippen LogP contribution is 2.26. The Morgan fingerprint density at radius 1 is 1.12 bits per heavy atom. The van der Waals surface area contributed by atoms with Crippen LogP contribution >= 0.6 is 11.3 Å². The molecule has 5 nitrogen and oxygen atoms in total. The normalized spacial score (nSPS) is 11.8. The van der Waals surface area contributed by atoms with E-state index in [0.717, 1.165) is 15.6 Å². The van der Waals surface area contributed by atoms with Crippen molar-refractivity contribution in [2.75, 3.05) is 13.7 Å². The quantitative estimate of drug-likeness (QED) is 0.669. The molecule has 0 aliphatic rings. The van der Waals surface area contributed by atoms with Crippen LogP contribution in [-0.4, -0.2) is 25.6 Å². The van der Waals surface area contributed by atoms with E-state index in [4.69, 9.17) is 9.47 Å². The molecule has 0 bridgehead atoms. The number of benzene rings is 2.